The van der Waals surface area contributed by atoms with E-state index < -0.39 is 0 Å². The molecule has 2 atom stereocenters. The number of hydrogen-bond acceptors (Lipinski definition) is 4. The van der Waals surface area contributed by atoms with Crippen molar-refractivity contribution in [3.05, 3.63) is 59.7 Å². The second-order valence-corrected chi connectivity index (χ2v) is 6.08. The molecular formula is C18H22N4O. The molecule has 23 heavy (non-hydrogen) atoms. The summed E-state index contributed by atoms with van der Waals surface area (Å²) in [5.41, 5.74) is 2.50. The highest BCUT2D eigenvalue weighted by atomic mass is 16.2. The minimum absolute atomic E-state index is 0.142. The maximum Gasteiger partial charge on any atom is 0.271 e. The molecule has 1 aromatic heterocycles. The van der Waals surface area contributed by atoms with E-state index in [1.54, 1.807) is 6.20 Å². The van der Waals surface area contributed by atoms with Crippen molar-refractivity contribution in [1.82, 2.24) is 20.2 Å². The van der Waals surface area contributed by atoms with Crippen molar-refractivity contribution in [2.75, 3.05) is 13.1 Å². The molecule has 1 aliphatic rings. The number of nitrogens with zero attached hydrogens (tertiary/aromatic N) is 3. The molecule has 0 unspecified atom stereocenters. The summed E-state index contributed by atoms with van der Waals surface area (Å²) >= 11 is 0. The van der Waals surface area contributed by atoms with E-state index in [2.05, 4.69) is 51.4 Å². The fourth-order valence-corrected chi connectivity index (χ4v) is 2.97. The SMILES string of the molecule is Cc1cnc(C(=O)N[C@H]2CCN([C@@H](C)c3ccccc3)C2)cn1. The maximum absolute atomic E-state index is 12.2. The van der Waals surface area contributed by atoms with Gasteiger partial charge in [0.1, 0.15) is 5.69 Å². The number of carbonyl (C=O) groups is 1. The van der Waals surface area contributed by atoms with E-state index in [4.69, 9.17) is 0 Å². The number of benzene rings is 1. The Hall–Kier alpha value is -2.27. The molecule has 0 radical (unpaired) electrons. The van der Waals surface area contributed by atoms with E-state index in [-0.39, 0.29) is 11.9 Å². The highest BCUT2D eigenvalue weighted by Gasteiger charge is 2.28. The number of rotatable bonds is 4. The highest BCUT2D eigenvalue weighted by Crippen LogP contribution is 2.24. The van der Waals surface area contributed by atoms with Crippen LogP contribution in [-0.4, -0.2) is 39.9 Å². The molecule has 1 fully saturated rings. The van der Waals surface area contributed by atoms with Crippen molar-refractivity contribution in [1.29, 1.82) is 0 Å². The number of nitrogens with one attached hydrogen (secondary N) is 1. The first-order valence-corrected chi connectivity index (χ1v) is 8.02. The first-order chi connectivity index (χ1) is 11.1. The monoisotopic (exact) mass is 310 g/mol. The summed E-state index contributed by atoms with van der Waals surface area (Å²) in [6, 6.07) is 11.0. The van der Waals surface area contributed by atoms with Crippen LogP contribution in [0.4, 0.5) is 0 Å². The minimum atomic E-state index is -0.142. The molecule has 120 valence electrons. The van der Waals surface area contributed by atoms with Crippen molar-refractivity contribution in [3.8, 4) is 0 Å². The number of aryl methyl sites for hydroxylation is 1. The second kappa shape index (κ2) is 6.87. The van der Waals surface area contributed by atoms with Crippen molar-refractivity contribution in [2.24, 2.45) is 0 Å². The normalized spacial score (nSPS) is 19.5. The first kappa shape index (κ1) is 15.6. The van der Waals surface area contributed by atoms with Gasteiger partial charge in [0.25, 0.3) is 5.91 Å². The Balaban J connectivity index is 1.57. The van der Waals surface area contributed by atoms with Crippen molar-refractivity contribution in [2.45, 2.75) is 32.4 Å². The Morgan fingerprint density at radius 1 is 1.26 bits per heavy atom. The predicted molar refractivity (Wildman–Crippen MR) is 89.1 cm³/mol. The van der Waals surface area contributed by atoms with Gasteiger partial charge in [-0.15, -0.1) is 0 Å². The zero-order valence-corrected chi connectivity index (χ0v) is 13.6. The van der Waals surface area contributed by atoms with Gasteiger partial charge in [0, 0.05) is 31.4 Å². The van der Waals surface area contributed by atoms with Crippen LogP contribution in [0.25, 0.3) is 0 Å². The van der Waals surface area contributed by atoms with E-state index >= 15 is 0 Å². The van der Waals surface area contributed by atoms with E-state index in [9.17, 15) is 4.79 Å². The lowest BCUT2D eigenvalue weighted by molar-refractivity contribution is 0.0931. The van der Waals surface area contributed by atoms with Gasteiger partial charge in [0.2, 0.25) is 0 Å². The van der Waals surface area contributed by atoms with E-state index in [0.717, 1.165) is 25.2 Å². The van der Waals surface area contributed by atoms with Crippen LogP contribution < -0.4 is 5.32 Å². The predicted octanol–water partition coefficient (Wildman–Crippen LogP) is 2.35. The molecule has 1 amide bonds. The zero-order valence-electron chi connectivity index (χ0n) is 13.6. The lowest BCUT2D eigenvalue weighted by Crippen LogP contribution is -2.38. The first-order valence-electron chi connectivity index (χ1n) is 8.02. The van der Waals surface area contributed by atoms with E-state index in [1.165, 1.54) is 11.8 Å². The Morgan fingerprint density at radius 2 is 2.04 bits per heavy atom. The molecule has 1 saturated heterocycles. The quantitative estimate of drug-likeness (QED) is 0.942. The molecule has 0 saturated carbocycles. The Kier molecular flexibility index (Phi) is 4.67. The summed E-state index contributed by atoms with van der Waals surface area (Å²) in [6.45, 7) is 5.92. The van der Waals surface area contributed by atoms with Gasteiger partial charge in [-0.1, -0.05) is 30.3 Å². The van der Waals surface area contributed by atoms with Gasteiger partial charge in [-0.05, 0) is 25.8 Å². The average Bonchev–Trinajstić information content (AvgIpc) is 3.04. The topological polar surface area (TPSA) is 58.1 Å². The van der Waals surface area contributed by atoms with Crippen LogP contribution in [0.5, 0.6) is 0 Å². The molecular weight excluding hydrogens is 288 g/mol. The van der Waals surface area contributed by atoms with Gasteiger partial charge >= 0.3 is 0 Å². The van der Waals surface area contributed by atoms with E-state index in [0.29, 0.717) is 11.7 Å². The van der Waals surface area contributed by atoms with Crippen LogP contribution in [0.2, 0.25) is 0 Å². The van der Waals surface area contributed by atoms with Gasteiger partial charge in [-0.3, -0.25) is 14.7 Å². The molecule has 5 nitrogen and oxygen atoms in total. The molecule has 3 rings (SSSR count). The second-order valence-electron chi connectivity index (χ2n) is 6.08. The van der Waals surface area contributed by atoms with Crippen LogP contribution >= 0.6 is 0 Å². The lowest BCUT2D eigenvalue weighted by atomic mass is 10.1. The van der Waals surface area contributed by atoms with Gasteiger partial charge in [-0.2, -0.15) is 0 Å². The molecule has 0 aliphatic carbocycles. The molecule has 0 bridgehead atoms. The fourth-order valence-electron chi connectivity index (χ4n) is 2.97. The third-order valence-corrected chi connectivity index (χ3v) is 4.40. The number of hydrogen-bond donors (Lipinski definition) is 1. The van der Waals surface area contributed by atoms with E-state index in [1.807, 2.05) is 13.0 Å². The third kappa shape index (κ3) is 3.74. The highest BCUT2D eigenvalue weighted by molar-refractivity contribution is 5.92. The zero-order chi connectivity index (χ0) is 16.2. The molecule has 1 aliphatic heterocycles. The number of amides is 1. The molecule has 5 heteroatoms. The largest absolute Gasteiger partial charge is 0.347 e. The van der Waals surface area contributed by atoms with Crippen LogP contribution in [0.15, 0.2) is 42.7 Å². The number of aromatic nitrogens is 2. The van der Waals surface area contributed by atoms with Crippen LogP contribution in [0.3, 0.4) is 0 Å². The summed E-state index contributed by atoms with van der Waals surface area (Å²) in [5, 5.41) is 3.07. The average molecular weight is 310 g/mol. The molecule has 2 aromatic rings. The Labute approximate surface area is 136 Å². The van der Waals surface area contributed by atoms with Gasteiger partial charge in [-0.25, -0.2) is 4.98 Å². The fraction of sp³-hybridized carbons (Fsp3) is 0.389. The van der Waals surface area contributed by atoms with Crippen LogP contribution in [-0.2, 0) is 0 Å². The van der Waals surface area contributed by atoms with Crippen LogP contribution in [0.1, 0.15) is 41.1 Å². The molecule has 1 N–H and O–H groups in total. The van der Waals surface area contributed by atoms with Crippen molar-refractivity contribution >= 4 is 5.91 Å². The lowest BCUT2D eigenvalue weighted by Gasteiger charge is -2.24. The minimum Gasteiger partial charge on any atom is -0.347 e. The number of likely N-dealkylation sites (tertiary alicyclic amines) is 1. The molecule has 0 spiro atoms. The summed E-state index contributed by atoms with van der Waals surface area (Å²) in [6.07, 6.45) is 4.11. The Morgan fingerprint density at radius 3 is 2.74 bits per heavy atom. The maximum atomic E-state index is 12.2. The molecule has 1 aromatic carbocycles. The summed E-state index contributed by atoms with van der Waals surface area (Å²) in [4.78, 5) is 22.9. The van der Waals surface area contributed by atoms with Gasteiger partial charge in [0.15, 0.2) is 0 Å². The summed E-state index contributed by atoms with van der Waals surface area (Å²) < 4.78 is 0. The number of carbonyl (C=O) groups excluding carboxylic acids is 1. The van der Waals surface area contributed by atoms with Gasteiger partial charge in [0.05, 0.1) is 11.9 Å². The molecule has 2 heterocycles. The summed E-state index contributed by atoms with van der Waals surface area (Å²) in [5.74, 6) is -0.142. The Bertz CT molecular complexity index is 656. The third-order valence-electron chi connectivity index (χ3n) is 4.40. The van der Waals surface area contributed by atoms with Crippen molar-refractivity contribution in [3.63, 3.8) is 0 Å². The van der Waals surface area contributed by atoms with Crippen molar-refractivity contribution < 1.29 is 4.79 Å². The smallest absolute Gasteiger partial charge is 0.271 e. The summed E-state index contributed by atoms with van der Waals surface area (Å²) in [7, 11) is 0. The van der Waals surface area contributed by atoms with Crippen LogP contribution in [0, 0.1) is 6.92 Å². The van der Waals surface area contributed by atoms with Gasteiger partial charge < -0.3 is 5.32 Å². The standard InChI is InChI=1S/C18H22N4O/c1-13-10-20-17(11-19-13)18(23)21-16-8-9-22(12-16)14(2)15-6-4-3-5-7-15/h3-7,10-11,14,16H,8-9,12H2,1-2H3,(H,21,23)/t14-,16-/m0/s1.